The van der Waals surface area contributed by atoms with Crippen molar-refractivity contribution in [1.29, 1.82) is 0 Å². The molecule has 5 nitrogen and oxygen atoms in total. The topological polar surface area (TPSA) is 90.7 Å². The molecule has 4 fully saturated rings. The Morgan fingerprint density at radius 1 is 1.20 bits per heavy atom. The van der Waals surface area contributed by atoms with E-state index in [4.69, 9.17) is 16.3 Å². The van der Waals surface area contributed by atoms with Gasteiger partial charge in [-0.1, -0.05) is 17.3 Å². The lowest BCUT2D eigenvalue weighted by Crippen LogP contribution is -2.47. The molecule has 0 aliphatic heterocycles. The van der Waals surface area contributed by atoms with Crippen LogP contribution in [0.15, 0.2) is 23.4 Å². The lowest BCUT2D eigenvalue weighted by molar-refractivity contribution is -0.152. The molecule has 0 saturated heterocycles. The van der Waals surface area contributed by atoms with Crippen molar-refractivity contribution in [2.45, 2.75) is 51.9 Å². The summed E-state index contributed by atoms with van der Waals surface area (Å²) in [5.74, 6) is 2.41. The zero-order valence-electron chi connectivity index (χ0n) is 14.8. The van der Waals surface area contributed by atoms with Crippen molar-refractivity contribution < 1.29 is 9.63 Å². The van der Waals surface area contributed by atoms with Crippen LogP contribution in [0.1, 0.15) is 56.1 Å². The third kappa shape index (κ3) is 3.12. The average Bonchev–Trinajstić information content (AvgIpc) is 2.53. The van der Waals surface area contributed by atoms with Crippen LogP contribution in [-0.2, 0) is 9.63 Å². The fourth-order valence-electron chi connectivity index (χ4n) is 5.93. The number of hydrogen-bond acceptors (Lipinski definition) is 4. The van der Waals surface area contributed by atoms with Gasteiger partial charge in [-0.15, -0.1) is 0 Å². The molecule has 4 saturated carbocycles. The average molecular weight is 341 g/mol. The molecule has 0 spiro atoms. The Bertz CT molecular complexity index is 690. The lowest BCUT2D eigenvalue weighted by atomic mass is 9.49. The number of nitrogen functional groups attached to an aromatic ring is 1. The minimum Gasteiger partial charge on any atom is -0.398 e. The zero-order chi connectivity index (χ0) is 17.6. The Hall–Kier alpha value is -2.04. The van der Waals surface area contributed by atoms with E-state index in [-0.39, 0.29) is 17.2 Å². The summed E-state index contributed by atoms with van der Waals surface area (Å²) in [6.07, 6.45) is 8.13. The van der Waals surface area contributed by atoms with Crippen LogP contribution in [0.2, 0.25) is 0 Å². The van der Waals surface area contributed by atoms with Crippen molar-refractivity contribution in [3.05, 3.63) is 29.3 Å². The fraction of sp³-hybridized carbons (Fsp3) is 0.600. The number of benzene rings is 1. The molecule has 0 radical (unpaired) electrons. The predicted octanol–water partition coefficient (Wildman–Crippen LogP) is 3.35. The van der Waals surface area contributed by atoms with Gasteiger partial charge in [-0.3, -0.25) is 0 Å². The van der Waals surface area contributed by atoms with Gasteiger partial charge in [0.1, 0.15) is 0 Å². The number of hydrogen-bond donors (Lipinski definition) is 2. The summed E-state index contributed by atoms with van der Waals surface area (Å²) in [6, 6.07) is 5.46. The Kier molecular flexibility index (Phi) is 3.97. The molecule has 0 aromatic heterocycles. The molecule has 134 valence electrons. The SMILES string of the molecule is Cc1c(N)cccc1/C(N)=N/OC(=O)CC12CC3CC(CC(C3)C1)C2. The first kappa shape index (κ1) is 16.4. The van der Waals surface area contributed by atoms with Crippen LogP contribution >= 0.6 is 0 Å². The molecule has 5 rings (SSSR count). The molecule has 0 unspecified atom stereocenters. The lowest BCUT2D eigenvalue weighted by Gasteiger charge is -2.56. The van der Waals surface area contributed by atoms with Crippen molar-refractivity contribution in [3.8, 4) is 0 Å². The number of anilines is 1. The Morgan fingerprint density at radius 2 is 1.80 bits per heavy atom. The van der Waals surface area contributed by atoms with Crippen molar-refractivity contribution in [1.82, 2.24) is 0 Å². The monoisotopic (exact) mass is 341 g/mol. The van der Waals surface area contributed by atoms with Crippen LogP contribution in [0.25, 0.3) is 0 Å². The number of nitrogens with two attached hydrogens (primary N) is 2. The zero-order valence-corrected chi connectivity index (χ0v) is 14.8. The number of rotatable bonds is 4. The smallest absolute Gasteiger partial charge is 0.335 e. The van der Waals surface area contributed by atoms with E-state index in [9.17, 15) is 4.79 Å². The van der Waals surface area contributed by atoms with Crippen molar-refractivity contribution >= 4 is 17.5 Å². The van der Waals surface area contributed by atoms with Gasteiger partial charge in [-0.2, -0.15) is 0 Å². The standard InChI is InChI=1S/C20H27N3O2/c1-12-16(3-2-4-17(12)21)19(22)23-25-18(24)11-20-8-13-5-14(9-20)7-15(6-13)10-20/h2-4,13-15H,5-11,21H2,1H3,(H2,22,23). The highest BCUT2D eigenvalue weighted by atomic mass is 16.7. The van der Waals surface area contributed by atoms with Crippen LogP contribution < -0.4 is 11.5 Å². The van der Waals surface area contributed by atoms with Gasteiger partial charge in [0.2, 0.25) is 0 Å². The summed E-state index contributed by atoms with van der Waals surface area (Å²) in [7, 11) is 0. The van der Waals surface area contributed by atoms with Crippen LogP contribution in [0.5, 0.6) is 0 Å². The molecular weight excluding hydrogens is 314 g/mol. The molecule has 1 aromatic carbocycles. The van der Waals surface area contributed by atoms with Crippen LogP contribution in [0, 0.1) is 30.1 Å². The number of nitrogens with zero attached hydrogens (tertiary/aromatic N) is 1. The van der Waals surface area contributed by atoms with E-state index < -0.39 is 0 Å². The number of carbonyl (C=O) groups excluding carboxylic acids is 1. The Labute approximate surface area is 148 Å². The molecule has 4 bridgehead atoms. The van der Waals surface area contributed by atoms with E-state index in [1.54, 1.807) is 0 Å². The molecular formula is C20H27N3O2. The van der Waals surface area contributed by atoms with Gasteiger partial charge < -0.3 is 16.3 Å². The molecule has 4 N–H and O–H groups in total. The molecule has 4 aliphatic rings. The molecule has 5 heteroatoms. The predicted molar refractivity (Wildman–Crippen MR) is 97.6 cm³/mol. The maximum Gasteiger partial charge on any atom is 0.335 e. The van der Waals surface area contributed by atoms with E-state index in [2.05, 4.69) is 5.16 Å². The highest BCUT2D eigenvalue weighted by molar-refractivity contribution is 5.99. The summed E-state index contributed by atoms with van der Waals surface area (Å²) in [5.41, 5.74) is 14.2. The van der Waals surface area contributed by atoms with Gasteiger partial charge in [0.25, 0.3) is 0 Å². The van der Waals surface area contributed by atoms with Crippen molar-refractivity contribution in [2.24, 2.45) is 34.1 Å². The second-order valence-electron chi connectivity index (χ2n) is 8.55. The Balaban J connectivity index is 1.42. The first-order chi connectivity index (χ1) is 11.9. The van der Waals surface area contributed by atoms with Crippen LogP contribution in [0.3, 0.4) is 0 Å². The second kappa shape index (κ2) is 6.04. The first-order valence-electron chi connectivity index (χ1n) is 9.33. The normalized spacial score (nSPS) is 33.5. The quantitative estimate of drug-likeness (QED) is 0.289. The number of oxime groups is 1. The summed E-state index contributed by atoms with van der Waals surface area (Å²) in [4.78, 5) is 17.6. The van der Waals surface area contributed by atoms with Gasteiger partial charge in [-0.05, 0) is 80.2 Å². The van der Waals surface area contributed by atoms with Crippen molar-refractivity contribution in [2.75, 3.05) is 5.73 Å². The highest BCUT2D eigenvalue weighted by Crippen LogP contribution is 2.61. The number of amidine groups is 1. The van der Waals surface area contributed by atoms with Gasteiger partial charge >= 0.3 is 5.97 Å². The van der Waals surface area contributed by atoms with E-state index in [1.807, 2.05) is 25.1 Å². The van der Waals surface area contributed by atoms with E-state index >= 15 is 0 Å². The summed E-state index contributed by atoms with van der Waals surface area (Å²) >= 11 is 0. The summed E-state index contributed by atoms with van der Waals surface area (Å²) < 4.78 is 0. The van der Waals surface area contributed by atoms with Crippen molar-refractivity contribution in [3.63, 3.8) is 0 Å². The molecule has 0 atom stereocenters. The highest BCUT2D eigenvalue weighted by Gasteiger charge is 2.51. The van der Waals surface area contributed by atoms with Crippen LogP contribution in [0.4, 0.5) is 5.69 Å². The maximum absolute atomic E-state index is 12.4. The van der Waals surface area contributed by atoms with Crippen LogP contribution in [-0.4, -0.2) is 11.8 Å². The summed E-state index contributed by atoms with van der Waals surface area (Å²) in [6.45, 7) is 1.88. The third-order valence-corrected chi connectivity index (χ3v) is 6.58. The molecule has 1 aromatic rings. The van der Waals surface area contributed by atoms with E-state index in [0.29, 0.717) is 17.7 Å². The first-order valence-corrected chi connectivity index (χ1v) is 9.33. The minimum atomic E-state index is -0.258. The molecule has 25 heavy (non-hydrogen) atoms. The van der Waals surface area contributed by atoms with Gasteiger partial charge in [0.15, 0.2) is 5.84 Å². The maximum atomic E-state index is 12.4. The van der Waals surface area contributed by atoms with Gasteiger partial charge in [0.05, 0.1) is 6.42 Å². The fourth-order valence-corrected chi connectivity index (χ4v) is 5.93. The van der Waals surface area contributed by atoms with Gasteiger partial charge in [0, 0.05) is 11.3 Å². The van der Waals surface area contributed by atoms with Gasteiger partial charge in [-0.25, -0.2) is 4.79 Å². The molecule has 0 amide bonds. The second-order valence-corrected chi connectivity index (χ2v) is 8.55. The number of carbonyl (C=O) groups is 1. The molecule has 4 aliphatic carbocycles. The molecule has 0 heterocycles. The van der Waals surface area contributed by atoms with E-state index in [1.165, 1.54) is 38.5 Å². The van der Waals surface area contributed by atoms with E-state index in [0.717, 1.165) is 23.3 Å². The third-order valence-electron chi connectivity index (χ3n) is 6.58. The summed E-state index contributed by atoms with van der Waals surface area (Å²) in [5, 5.41) is 3.88. The Morgan fingerprint density at radius 3 is 2.40 bits per heavy atom. The largest absolute Gasteiger partial charge is 0.398 e. The minimum absolute atomic E-state index is 0.156.